The fourth-order valence-corrected chi connectivity index (χ4v) is 2.40. The molecule has 0 saturated carbocycles. The van der Waals surface area contributed by atoms with Gasteiger partial charge in [-0.25, -0.2) is 4.98 Å². The second-order valence-corrected chi connectivity index (χ2v) is 5.09. The Bertz CT molecular complexity index is 703. The highest BCUT2D eigenvalue weighted by atomic mass is 16.6. The van der Waals surface area contributed by atoms with E-state index in [9.17, 15) is 14.9 Å². The molecule has 1 aromatic heterocycles. The van der Waals surface area contributed by atoms with Crippen molar-refractivity contribution in [3.63, 3.8) is 0 Å². The molecule has 1 fully saturated rings. The number of hydrogen-bond donors (Lipinski definition) is 1. The molecule has 1 aliphatic heterocycles. The molecule has 3 rings (SSSR count). The SMILES string of the molecule is O=C(COc1ccc([N+](=O)[O-])cc1)N1CCOC[C@@H]1c1ncn[nH]1. The number of rotatable bonds is 5. The van der Waals surface area contributed by atoms with Crippen LogP contribution in [0.1, 0.15) is 11.9 Å². The van der Waals surface area contributed by atoms with Gasteiger partial charge in [-0.3, -0.25) is 20.0 Å². The zero-order valence-corrected chi connectivity index (χ0v) is 12.6. The van der Waals surface area contributed by atoms with Crippen molar-refractivity contribution in [1.29, 1.82) is 0 Å². The van der Waals surface area contributed by atoms with Gasteiger partial charge in [-0.15, -0.1) is 0 Å². The van der Waals surface area contributed by atoms with Crippen LogP contribution in [0.4, 0.5) is 5.69 Å². The standard InChI is InChI=1S/C14H15N5O5/c20-13(8-24-11-3-1-10(2-4-11)19(21)22)18-5-6-23-7-12(18)14-15-9-16-17-14/h1-4,9,12H,5-8H2,(H,15,16,17)/t12-/m1/s1. The van der Waals surface area contributed by atoms with Crippen LogP contribution in [0, 0.1) is 10.1 Å². The number of H-pyrrole nitrogens is 1. The maximum Gasteiger partial charge on any atom is 0.269 e. The number of carbonyl (C=O) groups excluding carboxylic acids is 1. The lowest BCUT2D eigenvalue weighted by atomic mass is 10.2. The van der Waals surface area contributed by atoms with E-state index in [1.807, 2.05) is 0 Å². The van der Waals surface area contributed by atoms with E-state index in [-0.39, 0.29) is 24.2 Å². The van der Waals surface area contributed by atoms with E-state index in [0.717, 1.165) is 0 Å². The first-order valence-electron chi connectivity index (χ1n) is 7.25. The molecule has 0 spiro atoms. The van der Waals surface area contributed by atoms with E-state index in [2.05, 4.69) is 15.2 Å². The molecular formula is C14H15N5O5. The Hall–Kier alpha value is -3.01. The molecule has 0 unspecified atom stereocenters. The molecule has 1 aliphatic rings. The topological polar surface area (TPSA) is 123 Å². The van der Waals surface area contributed by atoms with E-state index < -0.39 is 4.92 Å². The predicted octanol–water partition coefficient (Wildman–Crippen LogP) is 0.692. The summed E-state index contributed by atoms with van der Waals surface area (Å²) in [6.07, 6.45) is 1.37. The molecule has 1 N–H and O–H groups in total. The maximum atomic E-state index is 12.4. The molecule has 0 radical (unpaired) electrons. The van der Waals surface area contributed by atoms with Gasteiger partial charge < -0.3 is 14.4 Å². The summed E-state index contributed by atoms with van der Waals surface area (Å²) in [5, 5.41) is 17.1. The van der Waals surface area contributed by atoms with E-state index in [0.29, 0.717) is 31.3 Å². The third-order valence-corrected chi connectivity index (χ3v) is 3.61. The maximum absolute atomic E-state index is 12.4. The fourth-order valence-electron chi connectivity index (χ4n) is 2.40. The quantitative estimate of drug-likeness (QED) is 0.630. The number of morpholine rings is 1. The minimum absolute atomic E-state index is 0.0350. The molecule has 126 valence electrons. The molecule has 0 aliphatic carbocycles. The number of non-ortho nitro benzene ring substituents is 1. The number of carbonyl (C=O) groups is 1. The third-order valence-electron chi connectivity index (χ3n) is 3.61. The molecule has 0 bridgehead atoms. The number of hydrogen-bond acceptors (Lipinski definition) is 7. The Morgan fingerprint density at radius 2 is 2.25 bits per heavy atom. The summed E-state index contributed by atoms with van der Waals surface area (Å²) in [5.74, 6) is 0.717. The van der Waals surface area contributed by atoms with E-state index in [4.69, 9.17) is 9.47 Å². The van der Waals surface area contributed by atoms with Crippen molar-refractivity contribution >= 4 is 11.6 Å². The number of ether oxygens (including phenoxy) is 2. The van der Waals surface area contributed by atoms with Gasteiger partial charge >= 0.3 is 0 Å². The Balaban J connectivity index is 1.62. The number of nitrogens with one attached hydrogen (secondary N) is 1. The van der Waals surface area contributed by atoms with Crippen LogP contribution in [0.15, 0.2) is 30.6 Å². The van der Waals surface area contributed by atoms with Crippen molar-refractivity contribution in [2.24, 2.45) is 0 Å². The van der Waals surface area contributed by atoms with Crippen molar-refractivity contribution in [2.45, 2.75) is 6.04 Å². The van der Waals surface area contributed by atoms with Crippen molar-refractivity contribution in [3.05, 3.63) is 46.5 Å². The molecular weight excluding hydrogens is 318 g/mol. The molecule has 1 aromatic carbocycles. The number of aromatic nitrogens is 3. The molecule has 1 saturated heterocycles. The number of nitrogens with zero attached hydrogens (tertiary/aromatic N) is 4. The second-order valence-electron chi connectivity index (χ2n) is 5.09. The average molecular weight is 333 g/mol. The van der Waals surface area contributed by atoms with Crippen LogP contribution in [0.5, 0.6) is 5.75 Å². The van der Waals surface area contributed by atoms with Crippen molar-refractivity contribution in [3.8, 4) is 5.75 Å². The van der Waals surface area contributed by atoms with E-state index in [1.54, 1.807) is 4.90 Å². The van der Waals surface area contributed by atoms with Gasteiger partial charge in [0.15, 0.2) is 6.61 Å². The van der Waals surface area contributed by atoms with Gasteiger partial charge in [-0.1, -0.05) is 0 Å². The normalized spacial score (nSPS) is 17.5. The molecule has 24 heavy (non-hydrogen) atoms. The fraction of sp³-hybridized carbons (Fsp3) is 0.357. The summed E-state index contributed by atoms with van der Waals surface area (Å²) in [5.41, 5.74) is -0.0350. The summed E-state index contributed by atoms with van der Waals surface area (Å²) in [7, 11) is 0. The lowest BCUT2D eigenvalue weighted by Gasteiger charge is -2.34. The minimum Gasteiger partial charge on any atom is -0.484 e. The molecule has 2 heterocycles. The summed E-state index contributed by atoms with van der Waals surface area (Å²) in [4.78, 5) is 28.2. The highest BCUT2D eigenvalue weighted by Crippen LogP contribution is 2.22. The van der Waals surface area contributed by atoms with Gasteiger partial charge in [-0.05, 0) is 12.1 Å². The van der Waals surface area contributed by atoms with Gasteiger partial charge in [0.25, 0.3) is 11.6 Å². The van der Waals surface area contributed by atoms with Crippen molar-refractivity contribution in [2.75, 3.05) is 26.4 Å². The molecule has 1 amide bonds. The summed E-state index contributed by atoms with van der Waals surface area (Å²) < 4.78 is 10.8. The monoisotopic (exact) mass is 333 g/mol. The summed E-state index contributed by atoms with van der Waals surface area (Å²) >= 11 is 0. The highest BCUT2D eigenvalue weighted by molar-refractivity contribution is 5.78. The average Bonchev–Trinajstić information content (AvgIpc) is 3.14. The van der Waals surface area contributed by atoms with Crippen LogP contribution < -0.4 is 4.74 Å². The third kappa shape index (κ3) is 3.49. The molecule has 10 nitrogen and oxygen atoms in total. The minimum atomic E-state index is -0.495. The number of amides is 1. The Morgan fingerprint density at radius 1 is 1.46 bits per heavy atom. The lowest BCUT2D eigenvalue weighted by Crippen LogP contribution is -2.45. The van der Waals surface area contributed by atoms with E-state index in [1.165, 1.54) is 30.6 Å². The smallest absolute Gasteiger partial charge is 0.269 e. The van der Waals surface area contributed by atoms with Crippen LogP contribution >= 0.6 is 0 Å². The molecule has 10 heteroatoms. The van der Waals surface area contributed by atoms with Gasteiger partial charge in [0.2, 0.25) is 0 Å². The molecule has 1 atom stereocenters. The Kier molecular flexibility index (Phi) is 4.66. The number of benzene rings is 1. The summed E-state index contributed by atoms with van der Waals surface area (Å²) in [6.45, 7) is 1.02. The van der Waals surface area contributed by atoms with Crippen molar-refractivity contribution < 1.29 is 19.2 Å². The van der Waals surface area contributed by atoms with Crippen molar-refractivity contribution in [1.82, 2.24) is 20.1 Å². The summed E-state index contributed by atoms with van der Waals surface area (Å²) in [6, 6.07) is 5.23. The first-order valence-corrected chi connectivity index (χ1v) is 7.25. The Morgan fingerprint density at radius 3 is 2.92 bits per heavy atom. The van der Waals surface area contributed by atoms with Crippen LogP contribution in [0.2, 0.25) is 0 Å². The number of nitro groups is 1. The zero-order valence-electron chi connectivity index (χ0n) is 12.6. The van der Waals surface area contributed by atoms with E-state index >= 15 is 0 Å². The van der Waals surface area contributed by atoms with Crippen LogP contribution in [0.3, 0.4) is 0 Å². The number of nitro benzene ring substituents is 1. The second kappa shape index (κ2) is 7.04. The Labute approximate surface area is 136 Å². The van der Waals surface area contributed by atoms with Gasteiger partial charge in [-0.2, -0.15) is 5.10 Å². The number of aromatic amines is 1. The zero-order chi connectivity index (χ0) is 16.9. The lowest BCUT2D eigenvalue weighted by molar-refractivity contribution is -0.384. The van der Waals surface area contributed by atoms with Gasteiger partial charge in [0.05, 0.1) is 18.1 Å². The van der Waals surface area contributed by atoms with Crippen LogP contribution in [-0.4, -0.2) is 57.3 Å². The first kappa shape index (κ1) is 15.9. The molecule has 2 aromatic rings. The predicted molar refractivity (Wildman–Crippen MR) is 80.2 cm³/mol. The van der Waals surface area contributed by atoms with Crippen LogP contribution in [0.25, 0.3) is 0 Å². The highest BCUT2D eigenvalue weighted by Gasteiger charge is 2.30. The van der Waals surface area contributed by atoms with Gasteiger partial charge in [0, 0.05) is 18.7 Å². The van der Waals surface area contributed by atoms with Crippen LogP contribution in [-0.2, 0) is 9.53 Å². The first-order chi connectivity index (χ1) is 11.6. The van der Waals surface area contributed by atoms with Gasteiger partial charge in [0.1, 0.15) is 23.9 Å². The largest absolute Gasteiger partial charge is 0.484 e.